The van der Waals surface area contributed by atoms with Gasteiger partial charge in [0.1, 0.15) is 11.6 Å². The van der Waals surface area contributed by atoms with Crippen LogP contribution in [0.4, 0.5) is 0 Å². The van der Waals surface area contributed by atoms with Crippen molar-refractivity contribution in [3.63, 3.8) is 0 Å². The fourth-order valence-electron chi connectivity index (χ4n) is 10.8. The molecule has 12 rings (SSSR count). The van der Waals surface area contributed by atoms with Gasteiger partial charge in [-0.25, -0.2) is 9.97 Å². The van der Waals surface area contributed by atoms with E-state index in [0.717, 1.165) is 33.7 Å². The van der Waals surface area contributed by atoms with Crippen molar-refractivity contribution in [2.24, 2.45) is 14.1 Å². The second-order valence-corrected chi connectivity index (χ2v) is 17.7. The summed E-state index contributed by atoms with van der Waals surface area (Å²) >= 11 is 0. The summed E-state index contributed by atoms with van der Waals surface area (Å²) < 4.78 is 4.39. The van der Waals surface area contributed by atoms with Gasteiger partial charge in [-0.1, -0.05) is 151 Å². The summed E-state index contributed by atoms with van der Waals surface area (Å²) in [5.74, 6) is 2.01. The van der Waals surface area contributed by atoms with Crippen LogP contribution in [-0.2, 0) is 19.5 Å². The molecule has 11 aromatic rings. The maximum Gasteiger partial charge on any atom is 0.106 e. The molecule has 0 saturated carbocycles. The van der Waals surface area contributed by atoms with E-state index in [2.05, 4.69) is 221 Å². The Morgan fingerprint density at radius 2 is 0.841 bits per heavy atom. The number of hydrogen-bond acceptors (Lipinski definition) is 2. The molecule has 1 aliphatic carbocycles. The van der Waals surface area contributed by atoms with Crippen LogP contribution in [0.5, 0.6) is 0 Å². The van der Waals surface area contributed by atoms with Gasteiger partial charge in [0.2, 0.25) is 0 Å². The van der Waals surface area contributed by atoms with Crippen molar-refractivity contribution in [1.29, 1.82) is 0 Å². The van der Waals surface area contributed by atoms with Crippen molar-refractivity contribution in [3.05, 3.63) is 215 Å². The molecule has 0 aliphatic heterocycles. The molecule has 4 heteroatoms. The SMILES string of the molecule is Cc1ccc(C2(c3ccc(C)cc3)c3ccccc3-c3c(-c4c5cccc(-c6ccc7nc(C)n(C)c7c6)c5cc5c(-c6ccc7nc(C)n(C)c7c6)cccc45)cccc32)cc1. The van der Waals surface area contributed by atoms with E-state index in [1.54, 1.807) is 0 Å². The largest absolute Gasteiger partial charge is 0.331 e. The van der Waals surface area contributed by atoms with Gasteiger partial charge < -0.3 is 9.13 Å². The molecule has 0 fully saturated rings. The summed E-state index contributed by atoms with van der Waals surface area (Å²) in [6.07, 6.45) is 0. The first-order valence-corrected chi connectivity index (χ1v) is 21.9. The van der Waals surface area contributed by atoms with Crippen molar-refractivity contribution in [2.75, 3.05) is 0 Å². The molecule has 302 valence electrons. The molecule has 1 aliphatic rings. The number of benzene rings is 9. The Kier molecular flexibility index (Phi) is 8.11. The minimum absolute atomic E-state index is 0.521. The lowest BCUT2D eigenvalue weighted by atomic mass is 9.67. The van der Waals surface area contributed by atoms with Crippen LogP contribution >= 0.6 is 0 Å². The number of hydrogen-bond donors (Lipinski definition) is 0. The smallest absolute Gasteiger partial charge is 0.106 e. The summed E-state index contributed by atoms with van der Waals surface area (Å²) in [7, 11) is 4.22. The predicted molar refractivity (Wildman–Crippen MR) is 263 cm³/mol. The van der Waals surface area contributed by atoms with Gasteiger partial charge in [0.25, 0.3) is 0 Å². The molecule has 0 unspecified atom stereocenters. The number of aryl methyl sites for hydroxylation is 6. The third-order valence-corrected chi connectivity index (χ3v) is 14.2. The molecule has 0 amide bonds. The fraction of sp³-hybridized carbons (Fsp3) is 0.119. The van der Waals surface area contributed by atoms with E-state index in [1.165, 1.54) is 99.4 Å². The molecule has 2 heterocycles. The average molecular weight is 811 g/mol. The third-order valence-electron chi connectivity index (χ3n) is 14.2. The van der Waals surface area contributed by atoms with Crippen LogP contribution in [-0.4, -0.2) is 19.1 Å². The Morgan fingerprint density at radius 3 is 1.38 bits per heavy atom. The monoisotopic (exact) mass is 810 g/mol. The molecule has 9 aromatic carbocycles. The summed E-state index contributed by atoms with van der Waals surface area (Å²) in [4.78, 5) is 9.70. The standard InChI is InChI=1S/C59H46N4/c1-35-20-26-41(27-21-35)59(42-28-22-36(2)23-29-42)51-18-8-7-12-47(51)58-48(17-11-19-52(58)59)57-45-15-9-13-43(39-24-30-53-55(32-39)62(5)37(3)60-53)49(45)34-50-44(14-10-16-46(50)57)40-25-31-54-56(33-40)63(6)38(4)61-54/h7-34H,1-6H3. The van der Waals surface area contributed by atoms with E-state index < -0.39 is 5.41 Å². The average Bonchev–Trinajstić information content (AvgIpc) is 3.89. The topological polar surface area (TPSA) is 35.6 Å². The van der Waals surface area contributed by atoms with Crippen molar-refractivity contribution in [1.82, 2.24) is 19.1 Å². The minimum Gasteiger partial charge on any atom is -0.331 e. The Balaban J connectivity index is 1.22. The van der Waals surface area contributed by atoms with E-state index in [-0.39, 0.29) is 0 Å². The summed E-state index contributed by atoms with van der Waals surface area (Å²) in [6.45, 7) is 8.50. The highest BCUT2D eigenvalue weighted by Gasteiger charge is 2.47. The number of rotatable bonds is 5. The molecule has 4 nitrogen and oxygen atoms in total. The van der Waals surface area contributed by atoms with E-state index in [1.807, 2.05) is 0 Å². The van der Waals surface area contributed by atoms with E-state index in [0.29, 0.717) is 0 Å². The lowest BCUT2D eigenvalue weighted by Gasteiger charge is -2.34. The predicted octanol–water partition coefficient (Wildman–Crippen LogP) is 14.4. The number of aromatic nitrogens is 4. The van der Waals surface area contributed by atoms with Crippen molar-refractivity contribution >= 4 is 43.6 Å². The van der Waals surface area contributed by atoms with Gasteiger partial charge in [-0.3, -0.25) is 0 Å². The molecular weight excluding hydrogens is 765 g/mol. The van der Waals surface area contributed by atoms with Crippen LogP contribution in [0.25, 0.3) is 88.1 Å². The number of nitrogens with zero attached hydrogens (tertiary/aromatic N) is 4. The number of fused-ring (bicyclic) bond motifs is 7. The molecule has 2 aromatic heterocycles. The van der Waals surface area contributed by atoms with Crippen molar-refractivity contribution < 1.29 is 0 Å². The lowest BCUT2D eigenvalue weighted by Crippen LogP contribution is -2.28. The summed E-state index contributed by atoms with van der Waals surface area (Å²) in [5.41, 5.74) is 21.2. The second kappa shape index (κ2) is 13.7. The quantitative estimate of drug-likeness (QED) is 0.162. The van der Waals surface area contributed by atoms with Gasteiger partial charge >= 0.3 is 0 Å². The van der Waals surface area contributed by atoms with E-state index >= 15 is 0 Å². The fourth-order valence-corrected chi connectivity index (χ4v) is 10.8. The molecule has 0 atom stereocenters. The Hall–Kier alpha value is -7.56. The maximum absolute atomic E-state index is 4.85. The van der Waals surface area contributed by atoms with Crippen LogP contribution in [0, 0.1) is 27.7 Å². The highest BCUT2D eigenvalue weighted by Crippen LogP contribution is 2.59. The summed E-state index contributed by atoms with van der Waals surface area (Å²) in [5, 5.41) is 4.89. The van der Waals surface area contributed by atoms with Crippen molar-refractivity contribution in [3.8, 4) is 44.5 Å². The van der Waals surface area contributed by atoms with Gasteiger partial charge in [0.05, 0.1) is 27.5 Å². The van der Waals surface area contributed by atoms with E-state index in [9.17, 15) is 0 Å². The zero-order valence-corrected chi connectivity index (χ0v) is 36.5. The van der Waals surface area contributed by atoms with Crippen LogP contribution in [0.2, 0.25) is 0 Å². The number of imidazole rings is 2. The van der Waals surface area contributed by atoms with E-state index in [4.69, 9.17) is 9.97 Å². The highest BCUT2D eigenvalue weighted by atomic mass is 15.1. The molecular formula is C59H46N4. The normalized spacial score (nSPS) is 13.0. The van der Waals surface area contributed by atoms with Gasteiger partial charge in [-0.05, 0) is 146 Å². The van der Waals surface area contributed by atoms with Crippen molar-refractivity contribution in [2.45, 2.75) is 33.1 Å². The second-order valence-electron chi connectivity index (χ2n) is 17.7. The first-order chi connectivity index (χ1) is 30.7. The minimum atomic E-state index is -0.521. The van der Waals surface area contributed by atoms with Crippen LogP contribution in [0.3, 0.4) is 0 Å². The lowest BCUT2D eigenvalue weighted by molar-refractivity contribution is 0.767. The molecule has 0 N–H and O–H groups in total. The molecule has 0 radical (unpaired) electrons. The highest BCUT2D eigenvalue weighted by molar-refractivity contribution is 6.21. The zero-order valence-electron chi connectivity index (χ0n) is 36.5. The van der Waals surface area contributed by atoms with Gasteiger partial charge in [0.15, 0.2) is 0 Å². The zero-order chi connectivity index (χ0) is 42.7. The first-order valence-electron chi connectivity index (χ1n) is 21.9. The Bertz CT molecular complexity index is 3490. The first kappa shape index (κ1) is 37.2. The van der Waals surface area contributed by atoms with Gasteiger partial charge in [-0.15, -0.1) is 0 Å². The van der Waals surface area contributed by atoms with Crippen LogP contribution in [0.15, 0.2) is 170 Å². The van der Waals surface area contributed by atoms with Gasteiger partial charge in [-0.2, -0.15) is 0 Å². The van der Waals surface area contributed by atoms with Gasteiger partial charge in [0, 0.05) is 14.1 Å². The molecule has 0 spiro atoms. The maximum atomic E-state index is 4.85. The van der Waals surface area contributed by atoms with Crippen LogP contribution < -0.4 is 0 Å². The third kappa shape index (κ3) is 5.34. The molecule has 0 saturated heterocycles. The summed E-state index contributed by atoms with van der Waals surface area (Å²) in [6, 6.07) is 64.3. The Morgan fingerprint density at radius 1 is 0.381 bits per heavy atom. The Labute approximate surface area is 367 Å². The molecule has 63 heavy (non-hydrogen) atoms. The van der Waals surface area contributed by atoms with Crippen LogP contribution in [0.1, 0.15) is 45.0 Å². The molecule has 0 bridgehead atoms.